The van der Waals surface area contributed by atoms with E-state index in [2.05, 4.69) is 44.3 Å². The smallest absolute Gasteiger partial charge is 0.236 e. The molecule has 0 aliphatic carbocycles. The van der Waals surface area contributed by atoms with E-state index in [0.29, 0.717) is 18.8 Å². The van der Waals surface area contributed by atoms with E-state index in [-0.39, 0.29) is 11.8 Å². The molecule has 0 unspecified atom stereocenters. The molecule has 114 valence electrons. The lowest BCUT2D eigenvalue weighted by molar-refractivity contribution is -0.137. The maximum Gasteiger partial charge on any atom is 0.236 e. The van der Waals surface area contributed by atoms with Gasteiger partial charge in [0, 0.05) is 6.42 Å². The van der Waals surface area contributed by atoms with Gasteiger partial charge in [0.15, 0.2) is 0 Å². The fourth-order valence-electron chi connectivity index (χ4n) is 3.29. The molecule has 1 aliphatic rings. The summed E-state index contributed by atoms with van der Waals surface area (Å²) in [6.07, 6.45) is 3.25. The van der Waals surface area contributed by atoms with Crippen molar-refractivity contribution in [1.29, 1.82) is 0 Å². The average molecular weight is 287 g/mol. The number of carbonyl (C=O) groups is 2. The lowest BCUT2D eigenvalue weighted by Crippen LogP contribution is -2.49. The third-order valence-electron chi connectivity index (χ3n) is 4.94. The molecule has 3 nitrogen and oxygen atoms in total. The van der Waals surface area contributed by atoms with Crippen molar-refractivity contribution in [3.8, 4) is 0 Å². The van der Waals surface area contributed by atoms with E-state index < -0.39 is 5.41 Å². The molecule has 1 saturated heterocycles. The molecular weight excluding hydrogens is 262 g/mol. The van der Waals surface area contributed by atoms with Gasteiger partial charge in [-0.2, -0.15) is 0 Å². The molecule has 1 N–H and O–H groups in total. The van der Waals surface area contributed by atoms with Crippen LogP contribution in [-0.4, -0.2) is 11.8 Å². The first-order chi connectivity index (χ1) is 9.92. The number of hydrogen-bond donors (Lipinski definition) is 1. The molecule has 0 spiro atoms. The molecule has 2 rings (SSSR count). The Bertz CT molecular complexity index is 560. The van der Waals surface area contributed by atoms with Gasteiger partial charge in [-0.25, -0.2) is 0 Å². The highest BCUT2D eigenvalue weighted by Crippen LogP contribution is 2.35. The molecule has 1 fully saturated rings. The van der Waals surface area contributed by atoms with Gasteiger partial charge in [-0.15, -0.1) is 0 Å². The van der Waals surface area contributed by atoms with Crippen molar-refractivity contribution in [1.82, 2.24) is 5.32 Å². The average Bonchev–Trinajstić information content (AvgIpc) is 2.46. The third-order valence-corrected chi connectivity index (χ3v) is 4.94. The van der Waals surface area contributed by atoms with E-state index in [4.69, 9.17) is 0 Å². The summed E-state index contributed by atoms with van der Waals surface area (Å²) in [5, 5.41) is 2.47. The molecule has 0 saturated carbocycles. The van der Waals surface area contributed by atoms with Crippen molar-refractivity contribution in [2.75, 3.05) is 0 Å². The van der Waals surface area contributed by atoms with Crippen LogP contribution in [0.25, 0.3) is 0 Å². The first-order valence-electron chi connectivity index (χ1n) is 7.87. The summed E-state index contributed by atoms with van der Waals surface area (Å²) in [6, 6.07) is 6.36. The van der Waals surface area contributed by atoms with Gasteiger partial charge in [0.25, 0.3) is 0 Å². The molecule has 1 aromatic rings. The van der Waals surface area contributed by atoms with E-state index in [9.17, 15) is 9.59 Å². The van der Waals surface area contributed by atoms with E-state index >= 15 is 0 Å². The number of imide groups is 1. The van der Waals surface area contributed by atoms with E-state index in [1.807, 2.05) is 6.92 Å². The summed E-state index contributed by atoms with van der Waals surface area (Å²) in [5.74, 6) is 0.241. The normalized spacial score (nSPS) is 22.5. The maximum atomic E-state index is 12.2. The first-order valence-corrected chi connectivity index (χ1v) is 7.87. The van der Waals surface area contributed by atoms with Crippen LogP contribution < -0.4 is 5.32 Å². The molecule has 3 heteroatoms. The van der Waals surface area contributed by atoms with Gasteiger partial charge >= 0.3 is 0 Å². The Morgan fingerprint density at radius 2 is 1.90 bits per heavy atom. The van der Waals surface area contributed by atoms with Crippen LogP contribution in [0.1, 0.15) is 69.1 Å². The van der Waals surface area contributed by atoms with Crippen LogP contribution >= 0.6 is 0 Å². The zero-order valence-electron chi connectivity index (χ0n) is 13.5. The van der Waals surface area contributed by atoms with Crippen LogP contribution in [0.4, 0.5) is 0 Å². The molecule has 2 amide bonds. The van der Waals surface area contributed by atoms with Gasteiger partial charge in [-0.3, -0.25) is 14.9 Å². The van der Waals surface area contributed by atoms with Gasteiger partial charge in [-0.1, -0.05) is 32.0 Å². The van der Waals surface area contributed by atoms with E-state index in [1.165, 1.54) is 11.1 Å². The number of nitrogens with one attached hydrogen (secondary N) is 1. The summed E-state index contributed by atoms with van der Waals surface area (Å²) in [4.78, 5) is 23.6. The van der Waals surface area contributed by atoms with Crippen LogP contribution in [-0.2, 0) is 15.0 Å². The quantitative estimate of drug-likeness (QED) is 0.860. The second kappa shape index (κ2) is 6.00. The van der Waals surface area contributed by atoms with Crippen LogP contribution in [0.5, 0.6) is 0 Å². The van der Waals surface area contributed by atoms with Crippen LogP contribution in [0, 0.1) is 6.92 Å². The Morgan fingerprint density at radius 3 is 2.43 bits per heavy atom. The first kappa shape index (κ1) is 15.7. The topological polar surface area (TPSA) is 46.2 Å². The summed E-state index contributed by atoms with van der Waals surface area (Å²) in [6.45, 7) is 8.47. The Hall–Kier alpha value is -1.64. The zero-order valence-corrected chi connectivity index (χ0v) is 13.5. The maximum absolute atomic E-state index is 12.2. The Balaban J connectivity index is 2.35. The van der Waals surface area contributed by atoms with Crippen LogP contribution in [0.15, 0.2) is 18.2 Å². The minimum atomic E-state index is -0.592. The number of aryl methyl sites for hydroxylation is 1. The summed E-state index contributed by atoms with van der Waals surface area (Å²) in [5.41, 5.74) is 3.04. The van der Waals surface area contributed by atoms with E-state index in [0.717, 1.165) is 18.4 Å². The molecule has 0 radical (unpaired) electrons. The number of carbonyl (C=O) groups excluding carboxylic acids is 2. The van der Waals surface area contributed by atoms with Gasteiger partial charge in [-0.05, 0) is 55.7 Å². The molecule has 1 aromatic carbocycles. The predicted molar refractivity (Wildman–Crippen MR) is 84.2 cm³/mol. The van der Waals surface area contributed by atoms with Crippen molar-refractivity contribution >= 4 is 11.8 Å². The van der Waals surface area contributed by atoms with Crippen molar-refractivity contribution in [2.24, 2.45) is 0 Å². The molecule has 0 bridgehead atoms. The number of rotatable bonds is 4. The fourth-order valence-corrected chi connectivity index (χ4v) is 3.29. The molecule has 21 heavy (non-hydrogen) atoms. The predicted octanol–water partition coefficient (Wildman–Crippen LogP) is 3.59. The van der Waals surface area contributed by atoms with Crippen molar-refractivity contribution in [3.05, 3.63) is 34.9 Å². The lowest BCUT2D eigenvalue weighted by atomic mass is 9.74. The fraction of sp³-hybridized carbons (Fsp3) is 0.556. The monoisotopic (exact) mass is 287 g/mol. The minimum Gasteiger partial charge on any atom is -0.296 e. The molecule has 1 aliphatic heterocycles. The highest BCUT2D eigenvalue weighted by atomic mass is 16.2. The second-order valence-corrected chi connectivity index (χ2v) is 6.29. The Kier molecular flexibility index (Phi) is 4.50. The highest BCUT2D eigenvalue weighted by Gasteiger charge is 2.40. The van der Waals surface area contributed by atoms with Crippen molar-refractivity contribution < 1.29 is 9.59 Å². The summed E-state index contributed by atoms with van der Waals surface area (Å²) >= 11 is 0. The summed E-state index contributed by atoms with van der Waals surface area (Å²) in [7, 11) is 0. The largest absolute Gasteiger partial charge is 0.296 e. The van der Waals surface area contributed by atoms with Gasteiger partial charge in [0.1, 0.15) is 0 Å². The van der Waals surface area contributed by atoms with Crippen molar-refractivity contribution in [3.63, 3.8) is 0 Å². The van der Waals surface area contributed by atoms with Crippen LogP contribution in [0.2, 0.25) is 0 Å². The molecule has 1 heterocycles. The lowest BCUT2D eigenvalue weighted by Gasteiger charge is -2.32. The standard InChI is InChI=1S/C18H25NO2/c1-5-13(6-2)15-8-7-14(11-12(15)3)18(4)10-9-16(20)19-17(18)21/h7-8,11,13H,5-6,9-10H2,1-4H3,(H,19,20,21)/t18-/m1/s1. The van der Waals surface area contributed by atoms with E-state index in [1.54, 1.807) is 0 Å². The summed E-state index contributed by atoms with van der Waals surface area (Å²) < 4.78 is 0. The third kappa shape index (κ3) is 2.87. The van der Waals surface area contributed by atoms with Crippen molar-refractivity contribution in [2.45, 2.75) is 64.7 Å². The zero-order chi connectivity index (χ0) is 15.6. The Labute approximate surface area is 127 Å². The molecule has 1 atom stereocenters. The van der Waals surface area contributed by atoms with Gasteiger partial charge < -0.3 is 0 Å². The van der Waals surface area contributed by atoms with Gasteiger partial charge in [0.2, 0.25) is 11.8 Å². The molecule has 0 aromatic heterocycles. The highest BCUT2D eigenvalue weighted by molar-refractivity contribution is 6.03. The second-order valence-electron chi connectivity index (χ2n) is 6.29. The number of amides is 2. The van der Waals surface area contributed by atoms with Gasteiger partial charge in [0.05, 0.1) is 5.41 Å². The van der Waals surface area contributed by atoms with Crippen LogP contribution in [0.3, 0.4) is 0 Å². The number of benzene rings is 1. The molecular formula is C18H25NO2. The Morgan fingerprint density at radius 1 is 1.24 bits per heavy atom. The minimum absolute atomic E-state index is 0.164. The SMILES string of the molecule is CCC(CC)c1ccc([C@@]2(C)CCC(=O)NC2=O)cc1C. The number of piperidine rings is 1. The number of hydrogen-bond acceptors (Lipinski definition) is 2.